The smallest absolute Gasteiger partial charge is 0.149 e. The summed E-state index contributed by atoms with van der Waals surface area (Å²) >= 11 is 0. The van der Waals surface area contributed by atoms with Gasteiger partial charge < -0.3 is 5.73 Å². The highest BCUT2D eigenvalue weighted by Gasteiger charge is 2.19. The van der Waals surface area contributed by atoms with Crippen LogP contribution in [0.2, 0.25) is 0 Å². The zero-order valence-corrected chi connectivity index (χ0v) is 8.81. The third kappa shape index (κ3) is 2.62. The van der Waals surface area contributed by atoms with Gasteiger partial charge in [0.05, 0.1) is 12.4 Å². The Kier molecular flexibility index (Phi) is 4.94. The molecule has 5 heteroatoms. The summed E-state index contributed by atoms with van der Waals surface area (Å²) in [4.78, 5) is 3.38. The lowest BCUT2D eigenvalue weighted by Crippen LogP contribution is -2.20. The number of nitrogens with zero attached hydrogens (tertiary/aromatic N) is 1. The van der Waals surface area contributed by atoms with E-state index in [2.05, 4.69) is 4.98 Å². The third-order valence-electron chi connectivity index (χ3n) is 1.94. The predicted molar refractivity (Wildman–Crippen MR) is 53.2 cm³/mol. The van der Waals surface area contributed by atoms with Gasteiger partial charge in [0.2, 0.25) is 0 Å². The first-order valence-electron chi connectivity index (χ1n) is 4.08. The van der Waals surface area contributed by atoms with E-state index in [1.807, 2.05) is 13.8 Å². The summed E-state index contributed by atoms with van der Waals surface area (Å²) in [5.41, 5.74) is 5.55. The van der Waals surface area contributed by atoms with Gasteiger partial charge in [-0.05, 0) is 5.92 Å². The first-order chi connectivity index (χ1) is 6.04. The minimum absolute atomic E-state index is 0. The lowest BCUT2D eigenvalue weighted by Gasteiger charge is -2.16. The van der Waals surface area contributed by atoms with E-state index >= 15 is 0 Å². The molecule has 0 amide bonds. The summed E-state index contributed by atoms with van der Waals surface area (Å²) < 4.78 is 26.2. The fraction of sp³-hybridized carbons (Fsp3) is 0.444. The van der Waals surface area contributed by atoms with Crippen molar-refractivity contribution < 1.29 is 8.78 Å². The molecule has 14 heavy (non-hydrogen) atoms. The molecule has 1 heterocycles. The molecule has 0 unspecified atom stereocenters. The quantitative estimate of drug-likeness (QED) is 0.835. The molecular weight excluding hydrogens is 210 g/mol. The molecule has 0 aliphatic heterocycles. The van der Waals surface area contributed by atoms with Gasteiger partial charge in [-0.1, -0.05) is 13.8 Å². The number of aromatic nitrogens is 1. The van der Waals surface area contributed by atoms with Gasteiger partial charge in [0.25, 0.3) is 0 Å². The molecule has 1 aromatic heterocycles. The van der Waals surface area contributed by atoms with Gasteiger partial charge in [-0.15, -0.1) is 12.4 Å². The molecule has 0 aliphatic carbocycles. The SMILES string of the molecule is CC(C)[C@H](N)c1c(F)cncc1F.Cl. The highest BCUT2D eigenvalue weighted by Crippen LogP contribution is 2.23. The summed E-state index contributed by atoms with van der Waals surface area (Å²) in [7, 11) is 0. The minimum atomic E-state index is -0.679. The molecule has 1 atom stereocenters. The average molecular weight is 223 g/mol. The molecule has 80 valence electrons. The topological polar surface area (TPSA) is 38.9 Å². The van der Waals surface area contributed by atoms with Crippen molar-refractivity contribution in [3.8, 4) is 0 Å². The Morgan fingerprint density at radius 2 is 1.64 bits per heavy atom. The fourth-order valence-electron chi connectivity index (χ4n) is 1.07. The van der Waals surface area contributed by atoms with Gasteiger partial charge >= 0.3 is 0 Å². The van der Waals surface area contributed by atoms with E-state index in [0.717, 1.165) is 12.4 Å². The summed E-state index contributed by atoms with van der Waals surface area (Å²) in [5.74, 6) is -1.37. The lowest BCUT2D eigenvalue weighted by atomic mass is 9.97. The second kappa shape index (κ2) is 5.22. The van der Waals surface area contributed by atoms with Crippen molar-refractivity contribution in [3.63, 3.8) is 0 Å². The lowest BCUT2D eigenvalue weighted by molar-refractivity contribution is 0.451. The van der Waals surface area contributed by atoms with Crippen LogP contribution in [0.5, 0.6) is 0 Å². The van der Waals surface area contributed by atoms with E-state index in [9.17, 15) is 8.78 Å². The van der Waals surface area contributed by atoms with E-state index in [0.29, 0.717) is 0 Å². The highest BCUT2D eigenvalue weighted by molar-refractivity contribution is 5.85. The summed E-state index contributed by atoms with van der Waals surface area (Å²) in [6.45, 7) is 3.62. The fourth-order valence-corrected chi connectivity index (χ4v) is 1.07. The number of hydrogen-bond donors (Lipinski definition) is 1. The van der Waals surface area contributed by atoms with Crippen molar-refractivity contribution in [2.24, 2.45) is 11.7 Å². The first-order valence-corrected chi connectivity index (χ1v) is 4.08. The Morgan fingerprint density at radius 1 is 1.21 bits per heavy atom. The van der Waals surface area contributed by atoms with Gasteiger partial charge in [0.15, 0.2) is 0 Å². The van der Waals surface area contributed by atoms with E-state index < -0.39 is 17.7 Å². The largest absolute Gasteiger partial charge is 0.324 e. The van der Waals surface area contributed by atoms with Crippen molar-refractivity contribution in [2.75, 3.05) is 0 Å². The van der Waals surface area contributed by atoms with Crippen LogP contribution in [0.15, 0.2) is 12.4 Å². The van der Waals surface area contributed by atoms with Crippen LogP contribution in [0.1, 0.15) is 25.5 Å². The molecule has 0 saturated carbocycles. The van der Waals surface area contributed by atoms with Crippen LogP contribution in [0.4, 0.5) is 8.78 Å². The molecule has 2 N–H and O–H groups in total. The molecule has 2 nitrogen and oxygen atoms in total. The molecule has 0 bridgehead atoms. The molecule has 1 rings (SSSR count). The zero-order valence-electron chi connectivity index (χ0n) is 8.00. The molecule has 0 spiro atoms. The van der Waals surface area contributed by atoms with Gasteiger partial charge in [0.1, 0.15) is 11.6 Å². The van der Waals surface area contributed by atoms with Crippen molar-refractivity contribution in [2.45, 2.75) is 19.9 Å². The van der Waals surface area contributed by atoms with Gasteiger partial charge in [-0.2, -0.15) is 0 Å². The molecule has 1 aromatic rings. The molecule has 0 saturated heterocycles. The Hall–Kier alpha value is -0.740. The van der Waals surface area contributed by atoms with Gasteiger partial charge in [-0.25, -0.2) is 8.78 Å². The Balaban J connectivity index is 0.00000169. The standard InChI is InChI=1S/C9H12F2N2.ClH/c1-5(2)9(12)8-6(10)3-13-4-7(8)11;/h3-5,9H,12H2,1-2H3;1H/t9-;/m0./s1. The molecule has 0 radical (unpaired) electrons. The van der Waals surface area contributed by atoms with Crippen LogP contribution in [-0.2, 0) is 0 Å². The zero-order chi connectivity index (χ0) is 10.0. The minimum Gasteiger partial charge on any atom is -0.324 e. The number of pyridine rings is 1. The maximum Gasteiger partial charge on any atom is 0.149 e. The van der Waals surface area contributed by atoms with Crippen LogP contribution in [0.25, 0.3) is 0 Å². The monoisotopic (exact) mass is 222 g/mol. The van der Waals surface area contributed by atoms with Crippen molar-refractivity contribution in [1.29, 1.82) is 0 Å². The summed E-state index contributed by atoms with van der Waals surface area (Å²) in [6.07, 6.45) is 1.95. The van der Waals surface area contributed by atoms with Crippen molar-refractivity contribution in [3.05, 3.63) is 29.6 Å². The average Bonchev–Trinajstić information content (AvgIpc) is 2.03. The molecule has 0 aromatic carbocycles. The molecular formula is C9H13ClF2N2. The van der Waals surface area contributed by atoms with Gasteiger partial charge in [0, 0.05) is 11.6 Å². The van der Waals surface area contributed by atoms with Gasteiger partial charge in [-0.3, -0.25) is 4.98 Å². The Morgan fingerprint density at radius 3 is 2.00 bits per heavy atom. The Bertz CT molecular complexity index is 285. The van der Waals surface area contributed by atoms with Crippen LogP contribution in [0, 0.1) is 17.6 Å². The van der Waals surface area contributed by atoms with Crippen LogP contribution in [-0.4, -0.2) is 4.98 Å². The van der Waals surface area contributed by atoms with Crippen molar-refractivity contribution >= 4 is 12.4 Å². The summed E-state index contributed by atoms with van der Waals surface area (Å²) in [5, 5.41) is 0. The van der Waals surface area contributed by atoms with Crippen molar-refractivity contribution in [1.82, 2.24) is 4.98 Å². The van der Waals surface area contributed by atoms with E-state index in [1.54, 1.807) is 0 Å². The van der Waals surface area contributed by atoms with E-state index in [-0.39, 0.29) is 23.9 Å². The molecule has 0 fully saturated rings. The molecule has 0 aliphatic rings. The number of rotatable bonds is 2. The second-order valence-corrected chi connectivity index (χ2v) is 3.29. The van der Waals surface area contributed by atoms with E-state index in [4.69, 9.17) is 5.73 Å². The van der Waals surface area contributed by atoms with Crippen LogP contribution >= 0.6 is 12.4 Å². The predicted octanol–water partition coefficient (Wildman–Crippen LogP) is 2.44. The Labute approximate surface area is 87.9 Å². The highest BCUT2D eigenvalue weighted by atomic mass is 35.5. The summed E-state index contributed by atoms with van der Waals surface area (Å²) in [6, 6.07) is -0.622. The second-order valence-electron chi connectivity index (χ2n) is 3.29. The van der Waals surface area contributed by atoms with Crippen LogP contribution in [0.3, 0.4) is 0 Å². The maximum atomic E-state index is 13.1. The first kappa shape index (κ1) is 13.3. The van der Waals surface area contributed by atoms with Crippen LogP contribution < -0.4 is 5.73 Å². The third-order valence-corrected chi connectivity index (χ3v) is 1.94. The maximum absolute atomic E-state index is 13.1. The normalized spacial score (nSPS) is 12.4. The number of halogens is 3. The number of nitrogens with two attached hydrogens (primary N) is 1. The number of hydrogen-bond acceptors (Lipinski definition) is 2. The van der Waals surface area contributed by atoms with E-state index in [1.165, 1.54) is 0 Å².